The van der Waals surface area contributed by atoms with Crippen molar-refractivity contribution >= 4 is 5.82 Å². The molecule has 1 aromatic rings. The second-order valence-electron chi connectivity index (χ2n) is 3.92. The number of aromatic nitrogens is 1. The van der Waals surface area contributed by atoms with Crippen molar-refractivity contribution in [3.63, 3.8) is 0 Å². The number of nitrogens with two attached hydrogens (primary N) is 1. The molecule has 1 rings (SSSR count). The first kappa shape index (κ1) is 12.9. The Morgan fingerprint density at radius 3 is 2.69 bits per heavy atom. The van der Waals surface area contributed by atoms with Gasteiger partial charge in [0.2, 0.25) is 0 Å². The van der Waals surface area contributed by atoms with Crippen molar-refractivity contribution in [2.75, 3.05) is 18.5 Å². The van der Waals surface area contributed by atoms with Crippen LogP contribution < -0.4 is 11.3 Å². The van der Waals surface area contributed by atoms with Gasteiger partial charge in [-0.3, -0.25) is 4.90 Å². The summed E-state index contributed by atoms with van der Waals surface area (Å²) in [5.74, 6) is 5.98. The molecule has 0 aliphatic carbocycles. The molecule has 0 amide bonds. The molecule has 90 valence electrons. The molecule has 0 aromatic carbocycles. The molecule has 0 bridgehead atoms. The number of hydrogen-bond acceptors (Lipinski definition) is 4. The fraction of sp³-hybridized carbons (Fsp3) is 0.583. The number of pyridine rings is 1. The van der Waals surface area contributed by atoms with Crippen LogP contribution in [-0.2, 0) is 6.54 Å². The third-order valence-electron chi connectivity index (χ3n) is 2.65. The van der Waals surface area contributed by atoms with Gasteiger partial charge in [0.05, 0.1) is 0 Å². The number of unbranched alkanes of at least 4 members (excludes halogenated alkanes) is 1. The smallest absolute Gasteiger partial charge is 0.139 e. The summed E-state index contributed by atoms with van der Waals surface area (Å²) >= 11 is 0. The number of hydrazine groups is 1. The zero-order chi connectivity index (χ0) is 11.8. The van der Waals surface area contributed by atoms with E-state index in [0.29, 0.717) is 5.82 Å². The first-order valence-electron chi connectivity index (χ1n) is 5.94. The Balaban J connectivity index is 2.49. The van der Waals surface area contributed by atoms with E-state index in [0.717, 1.165) is 19.6 Å². The Morgan fingerprint density at radius 2 is 2.19 bits per heavy atom. The largest absolute Gasteiger partial charge is 0.308 e. The molecule has 1 aromatic heterocycles. The highest BCUT2D eigenvalue weighted by atomic mass is 15.2. The van der Waals surface area contributed by atoms with Gasteiger partial charge in [-0.1, -0.05) is 26.3 Å². The summed E-state index contributed by atoms with van der Waals surface area (Å²) in [5.41, 5.74) is 3.76. The third-order valence-corrected chi connectivity index (χ3v) is 2.65. The number of nitrogens with one attached hydrogen (secondary N) is 1. The minimum absolute atomic E-state index is 0.709. The van der Waals surface area contributed by atoms with Gasteiger partial charge >= 0.3 is 0 Å². The summed E-state index contributed by atoms with van der Waals surface area (Å²) in [6.07, 6.45) is 4.37. The van der Waals surface area contributed by atoms with Crippen LogP contribution in [-0.4, -0.2) is 23.0 Å². The van der Waals surface area contributed by atoms with E-state index in [1.807, 2.05) is 12.3 Å². The van der Waals surface area contributed by atoms with Crippen molar-refractivity contribution < 1.29 is 0 Å². The van der Waals surface area contributed by atoms with Crippen molar-refractivity contribution in [2.45, 2.75) is 33.2 Å². The van der Waals surface area contributed by atoms with Gasteiger partial charge in [-0.15, -0.1) is 0 Å². The normalized spacial score (nSPS) is 10.8. The second-order valence-corrected chi connectivity index (χ2v) is 3.92. The predicted octanol–water partition coefficient (Wildman–Crippen LogP) is 1.99. The number of anilines is 1. The highest BCUT2D eigenvalue weighted by molar-refractivity contribution is 5.33. The number of nitrogen functional groups attached to an aromatic ring is 1. The van der Waals surface area contributed by atoms with Crippen molar-refractivity contribution in [3.8, 4) is 0 Å². The Kier molecular flexibility index (Phi) is 5.82. The lowest BCUT2D eigenvalue weighted by molar-refractivity contribution is 0.275. The summed E-state index contributed by atoms with van der Waals surface area (Å²) in [6, 6.07) is 3.97. The van der Waals surface area contributed by atoms with Crippen molar-refractivity contribution in [3.05, 3.63) is 23.9 Å². The summed E-state index contributed by atoms with van der Waals surface area (Å²) in [4.78, 5) is 6.63. The van der Waals surface area contributed by atoms with E-state index in [-0.39, 0.29) is 0 Å². The molecule has 0 aliphatic rings. The van der Waals surface area contributed by atoms with E-state index in [9.17, 15) is 0 Å². The third kappa shape index (κ3) is 4.16. The first-order chi connectivity index (χ1) is 7.80. The summed E-state index contributed by atoms with van der Waals surface area (Å²) < 4.78 is 0. The molecule has 0 saturated heterocycles. The van der Waals surface area contributed by atoms with Gasteiger partial charge in [0.15, 0.2) is 0 Å². The van der Waals surface area contributed by atoms with Gasteiger partial charge in [0.1, 0.15) is 5.82 Å². The minimum Gasteiger partial charge on any atom is -0.308 e. The lowest BCUT2D eigenvalue weighted by atomic mass is 10.2. The molecule has 4 nitrogen and oxygen atoms in total. The molecule has 16 heavy (non-hydrogen) atoms. The van der Waals surface area contributed by atoms with Gasteiger partial charge in [-0.25, -0.2) is 10.8 Å². The average Bonchev–Trinajstić information content (AvgIpc) is 2.35. The molecule has 0 atom stereocenters. The zero-order valence-electron chi connectivity index (χ0n) is 10.2. The van der Waals surface area contributed by atoms with Crippen molar-refractivity contribution in [1.29, 1.82) is 0 Å². The van der Waals surface area contributed by atoms with E-state index in [4.69, 9.17) is 5.84 Å². The maximum absolute atomic E-state index is 5.27. The van der Waals surface area contributed by atoms with Crippen LogP contribution >= 0.6 is 0 Å². The number of hydrogen-bond donors (Lipinski definition) is 2. The average molecular weight is 222 g/mol. The standard InChI is InChI=1S/C12H22N4/c1-3-5-8-16(4-2)10-11-6-7-12(15-13)14-9-11/h6-7,9H,3-5,8,10,13H2,1-2H3,(H,14,15). The van der Waals surface area contributed by atoms with Crippen LogP contribution in [0.2, 0.25) is 0 Å². The molecule has 0 aliphatic heterocycles. The van der Waals surface area contributed by atoms with Crippen molar-refractivity contribution in [2.24, 2.45) is 5.84 Å². The number of nitrogens with zero attached hydrogens (tertiary/aromatic N) is 2. The first-order valence-corrected chi connectivity index (χ1v) is 5.94. The van der Waals surface area contributed by atoms with Gasteiger partial charge < -0.3 is 5.43 Å². The molecule has 0 unspecified atom stereocenters. The highest BCUT2D eigenvalue weighted by Crippen LogP contribution is 2.07. The molecule has 0 spiro atoms. The lowest BCUT2D eigenvalue weighted by Crippen LogP contribution is -2.24. The maximum atomic E-state index is 5.27. The van der Waals surface area contributed by atoms with E-state index in [1.165, 1.54) is 18.4 Å². The maximum Gasteiger partial charge on any atom is 0.139 e. The van der Waals surface area contributed by atoms with Gasteiger partial charge in [-0.2, -0.15) is 0 Å². The molecular weight excluding hydrogens is 200 g/mol. The SMILES string of the molecule is CCCCN(CC)Cc1ccc(NN)nc1. The second kappa shape index (κ2) is 7.19. The lowest BCUT2D eigenvalue weighted by Gasteiger charge is -2.19. The molecule has 0 saturated carbocycles. The van der Waals surface area contributed by atoms with Crippen LogP contribution in [0.15, 0.2) is 18.3 Å². The fourth-order valence-corrected chi connectivity index (χ4v) is 1.59. The molecule has 4 heteroatoms. The summed E-state index contributed by atoms with van der Waals surface area (Å²) in [6.45, 7) is 7.62. The minimum atomic E-state index is 0.709. The van der Waals surface area contributed by atoms with Crippen LogP contribution in [0.3, 0.4) is 0 Å². The van der Waals surface area contributed by atoms with Crippen LogP contribution in [0.1, 0.15) is 32.3 Å². The Labute approximate surface area is 97.8 Å². The van der Waals surface area contributed by atoms with E-state index >= 15 is 0 Å². The topological polar surface area (TPSA) is 54.2 Å². The van der Waals surface area contributed by atoms with Crippen LogP contribution in [0.5, 0.6) is 0 Å². The molecular formula is C12H22N4. The van der Waals surface area contributed by atoms with E-state index < -0.39 is 0 Å². The fourth-order valence-electron chi connectivity index (χ4n) is 1.59. The Bertz CT molecular complexity index is 284. The van der Waals surface area contributed by atoms with Crippen LogP contribution in [0.25, 0.3) is 0 Å². The molecule has 0 radical (unpaired) electrons. The van der Waals surface area contributed by atoms with Crippen molar-refractivity contribution in [1.82, 2.24) is 9.88 Å². The predicted molar refractivity (Wildman–Crippen MR) is 67.9 cm³/mol. The molecule has 1 heterocycles. The molecule has 0 fully saturated rings. The quantitative estimate of drug-likeness (QED) is 0.547. The van der Waals surface area contributed by atoms with Gasteiger partial charge in [0, 0.05) is 12.7 Å². The monoisotopic (exact) mass is 222 g/mol. The highest BCUT2D eigenvalue weighted by Gasteiger charge is 2.03. The van der Waals surface area contributed by atoms with E-state index in [1.54, 1.807) is 0 Å². The van der Waals surface area contributed by atoms with Crippen LogP contribution in [0, 0.1) is 0 Å². The molecule has 3 N–H and O–H groups in total. The van der Waals surface area contributed by atoms with Crippen LogP contribution in [0.4, 0.5) is 5.82 Å². The van der Waals surface area contributed by atoms with Gasteiger partial charge in [-0.05, 0) is 31.1 Å². The number of rotatable bonds is 7. The van der Waals surface area contributed by atoms with E-state index in [2.05, 4.69) is 35.2 Å². The Morgan fingerprint density at radius 1 is 1.38 bits per heavy atom. The zero-order valence-corrected chi connectivity index (χ0v) is 10.2. The summed E-state index contributed by atoms with van der Waals surface area (Å²) in [7, 11) is 0. The Hall–Kier alpha value is -1.13. The summed E-state index contributed by atoms with van der Waals surface area (Å²) in [5, 5.41) is 0. The van der Waals surface area contributed by atoms with Gasteiger partial charge in [0.25, 0.3) is 0 Å².